The number of aromatic nitrogens is 1. The lowest BCUT2D eigenvalue weighted by Gasteiger charge is -2.28. The molecule has 1 amide bonds. The van der Waals surface area contributed by atoms with Gasteiger partial charge in [0.1, 0.15) is 5.69 Å². The van der Waals surface area contributed by atoms with Crippen molar-refractivity contribution in [2.45, 2.75) is 39.8 Å². The Kier molecular flexibility index (Phi) is 4.96. The summed E-state index contributed by atoms with van der Waals surface area (Å²) in [5, 5.41) is 2.06. The van der Waals surface area contributed by atoms with Gasteiger partial charge in [0.25, 0.3) is 5.91 Å². The Bertz CT molecular complexity index is 623. The number of carbonyl (C=O) groups excluding carboxylic acids is 1. The lowest BCUT2D eigenvalue weighted by atomic mass is 10.1. The second-order valence-electron chi connectivity index (χ2n) is 5.19. The van der Waals surface area contributed by atoms with Gasteiger partial charge in [0.15, 0.2) is 0 Å². The van der Waals surface area contributed by atoms with Gasteiger partial charge in [-0.15, -0.1) is 11.3 Å². The molecule has 112 valence electrons. The van der Waals surface area contributed by atoms with Crippen LogP contribution < -0.4 is 5.73 Å². The van der Waals surface area contributed by atoms with Gasteiger partial charge in [-0.3, -0.25) is 9.78 Å². The molecule has 0 aliphatic heterocycles. The molecule has 0 aromatic carbocycles. The van der Waals surface area contributed by atoms with Crippen LogP contribution in [0.3, 0.4) is 0 Å². The predicted molar refractivity (Wildman–Crippen MR) is 87.3 cm³/mol. The van der Waals surface area contributed by atoms with Gasteiger partial charge in [-0.05, 0) is 49.4 Å². The number of carbonyl (C=O) groups is 1. The number of hydrogen-bond acceptors (Lipinski definition) is 4. The van der Waals surface area contributed by atoms with E-state index in [1.807, 2.05) is 4.90 Å². The van der Waals surface area contributed by atoms with Crippen molar-refractivity contribution >= 4 is 22.9 Å². The molecule has 0 bridgehead atoms. The molecule has 0 unspecified atom stereocenters. The van der Waals surface area contributed by atoms with Crippen LogP contribution in [0, 0.1) is 6.92 Å². The zero-order chi connectivity index (χ0) is 15.4. The number of rotatable bonds is 5. The van der Waals surface area contributed by atoms with Crippen LogP contribution in [0.4, 0.5) is 5.69 Å². The molecule has 2 aromatic rings. The number of aryl methyl sites for hydroxylation is 1. The molecule has 1 atom stereocenters. The Balaban J connectivity index is 2.27. The largest absolute Gasteiger partial charge is 0.399 e. The van der Waals surface area contributed by atoms with Gasteiger partial charge < -0.3 is 10.6 Å². The van der Waals surface area contributed by atoms with Crippen LogP contribution in [0.5, 0.6) is 0 Å². The summed E-state index contributed by atoms with van der Waals surface area (Å²) in [5.41, 5.74) is 7.95. The van der Waals surface area contributed by atoms with Crippen LogP contribution >= 0.6 is 11.3 Å². The third-order valence-electron chi connectivity index (χ3n) is 3.67. The molecule has 21 heavy (non-hydrogen) atoms. The number of anilines is 1. The monoisotopic (exact) mass is 303 g/mol. The van der Waals surface area contributed by atoms with E-state index >= 15 is 0 Å². The zero-order valence-electron chi connectivity index (χ0n) is 12.7. The maximum absolute atomic E-state index is 12.7. The summed E-state index contributed by atoms with van der Waals surface area (Å²) in [6, 6.07) is 5.56. The molecule has 0 fully saturated rings. The highest BCUT2D eigenvalue weighted by Gasteiger charge is 2.22. The normalized spacial score (nSPS) is 12.1. The summed E-state index contributed by atoms with van der Waals surface area (Å²) in [6.07, 6.45) is 2.48. The lowest BCUT2D eigenvalue weighted by molar-refractivity contribution is 0.0667. The summed E-state index contributed by atoms with van der Waals surface area (Å²) < 4.78 is 0. The smallest absolute Gasteiger partial charge is 0.273 e. The number of hydrogen-bond donors (Lipinski definition) is 1. The molecule has 0 radical (unpaired) electrons. The van der Waals surface area contributed by atoms with E-state index in [-0.39, 0.29) is 11.9 Å². The van der Waals surface area contributed by atoms with Crippen LogP contribution in [-0.2, 0) is 6.54 Å². The molecule has 0 spiro atoms. The van der Waals surface area contributed by atoms with Crippen LogP contribution in [0.1, 0.15) is 41.2 Å². The van der Waals surface area contributed by atoms with E-state index in [2.05, 4.69) is 37.2 Å². The standard InChI is InChI=1S/C16H21N3OS/c1-4-12(3)19(10-15-11(2)6-8-21-15)16(20)14-9-13(17)5-7-18-14/h5-9,12H,4,10H2,1-3H3,(H2,17,18)/t12-/m1/s1. The Morgan fingerprint density at radius 3 is 2.81 bits per heavy atom. The molecular weight excluding hydrogens is 282 g/mol. The van der Waals surface area contributed by atoms with Gasteiger partial charge in [-0.1, -0.05) is 6.92 Å². The highest BCUT2D eigenvalue weighted by atomic mass is 32.1. The fourth-order valence-corrected chi connectivity index (χ4v) is 2.98. The first-order chi connectivity index (χ1) is 10.0. The predicted octanol–water partition coefficient (Wildman–Crippen LogP) is 3.47. The van der Waals surface area contributed by atoms with Crippen LogP contribution in [0.15, 0.2) is 29.8 Å². The van der Waals surface area contributed by atoms with Crippen LogP contribution in [0.25, 0.3) is 0 Å². The van der Waals surface area contributed by atoms with E-state index in [1.165, 1.54) is 10.4 Å². The molecule has 0 saturated heterocycles. The van der Waals surface area contributed by atoms with Gasteiger partial charge >= 0.3 is 0 Å². The summed E-state index contributed by atoms with van der Waals surface area (Å²) in [7, 11) is 0. The minimum Gasteiger partial charge on any atom is -0.399 e. The fraction of sp³-hybridized carbons (Fsp3) is 0.375. The molecule has 2 heterocycles. The first-order valence-electron chi connectivity index (χ1n) is 7.08. The highest BCUT2D eigenvalue weighted by molar-refractivity contribution is 7.10. The van der Waals surface area contributed by atoms with Crippen molar-refractivity contribution in [3.63, 3.8) is 0 Å². The molecule has 0 aliphatic carbocycles. The van der Waals surface area contributed by atoms with Gasteiger partial charge in [0.05, 0.1) is 6.54 Å². The Hall–Kier alpha value is -1.88. The third-order valence-corrected chi connectivity index (χ3v) is 4.68. The fourth-order valence-electron chi connectivity index (χ4n) is 2.08. The van der Waals surface area contributed by atoms with E-state index in [9.17, 15) is 4.79 Å². The topological polar surface area (TPSA) is 59.2 Å². The average molecular weight is 303 g/mol. The zero-order valence-corrected chi connectivity index (χ0v) is 13.5. The molecule has 4 nitrogen and oxygen atoms in total. The van der Waals surface area contributed by atoms with E-state index < -0.39 is 0 Å². The Morgan fingerprint density at radius 1 is 1.48 bits per heavy atom. The summed E-state index contributed by atoms with van der Waals surface area (Å²) in [4.78, 5) is 20.0. The van der Waals surface area contributed by atoms with E-state index in [4.69, 9.17) is 5.73 Å². The van der Waals surface area contributed by atoms with Crippen molar-refractivity contribution in [2.75, 3.05) is 5.73 Å². The molecule has 2 N–H and O–H groups in total. The number of nitrogens with two attached hydrogens (primary N) is 1. The summed E-state index contributed by atoms with van der Waals surface area (Å²) >= 11 is 1.68. The number of nitrogen functional groups attached to an aromatic ring is 1. The van der Waals surface area contributed by atoms with Gasteiger partial charge in [-0.25, -0.2) is 0 Å². The maximum atomic E-state index is 12.7. The van der Waals surface area contributed by atoms with Crippen molar-refractivity contribution in [3.05, 3.63) is 45.9 Å². The minimum absolute atomic E-state index is 0.0653. The van der Waals surface area contributed by atoms with E-state index in [1.54, 1.807) is 29.7 Å². The van der Waals surface area contributed by atoms with Crippen molar-refractivity contribution < 1.29 is 4.79 Å². The third kappa shape index (κ3) is 3.61. The Labute approximate surface area is 129 Å². The second kappa shape index (κ2) is 6.72. The first kappa shape index (κ1) is 15.5. The van der Waals surface area contributed by atoms with Crippen molar-refractivity contribution in [2.24, 2.45) is 0 Å². The lowest BCUT2D eigenvalue weighted by Crippen LogP contribution is -2.38. The van der Waals surface area contributed by atoms with Crippen molar-refractivity contribution in [3.8, 4) is 0 Å². The van der Waals surface area contributed by atoms with Gasteiger partial charge in [0.2, 0.25) is 0 Å². The van der Waals surface area contributed by atoms with Gasteiger partial charge in [-0.2, -0.15) is 0 Å². The molecular formula is C16H21N3OS. The van der Waals surface area contributed by atoms with Crippen molar-refractivity contribution in [1.29, 1.82) is 0 Å². The van der Waals surface area contributed by atoms with Crippen LogP contribution in [-0.4, -0.2) is 21.8 Å². The summed E-state index contributed by atoms with van der Waals surface area (Å²) in [6.45, 7) is 6.84. The van der Waals surface area contributed by atoms with Crippen molar-refractivity contribution in [1.82, 2.24) is 9.88 Å². The molecule has 2 rings (SSSR count). The van der Waals surface area contributed by atoms with Gasteiger partial charge in [0, 0.05) is 22.8 Å². The minimum atomic E-state index is -0.0653. The van der Waals surface area contributed by atoms with Crippen LogP contribution in [0.2, 0.25) is 0 Å². The molecule has 0 aliphatic rings. The highest BCUT2D eigenvalue weighted by Crippen LogP contribution is 2.21. The molecule has 0 saturated carbocycles. The number of nitrogens with zero attached hydrogens (tertiary/aromatic N) is 2. The second-order valence-corrected chi connectivity index (χ2v) is 6.19. The van der Waals surface area contributed by atoms with E-state index in [0.717, 1.165) is 6.42 Å². The van der Waals surface area contributed by atoms with E-state index in [0.29, 0.717) is 17.9 Å². The first-order valence-corrected chi connectivity index (χ1v) is 7.96. The molecule has 2 aromatic heterocycles. The Morgan fingerprint density at radius 2 is 2.24 bits per heavy atom. The maximum Gasteiger partial charge on any atom is 0.273 e. The summed E-state index contributed by atoms with van der Waals surface area (Å²) in [5.74, 6) is -0.0653. The molecule has 5 heteroatoms. The quantitative estimate of drug-likeness (QED) is 0.920. The number of thiophene rings is 1. The number of pyridine rings is 1. The number of amides is 1. The average Bonchev–Trinajstić information content (AvgIpc) is 2.88. The SMILES string of the molecule is CC[C@@H](C)N(Cc1sccc1C)C(=O)c1cc(N)ccn1.